The van der Waals surface area contributed by atoms with E-state index in [4.69, 9.17) is 11.5 Å². The molecular formula is C29H32N12O2. The first-order chi connectivity index (χ1) is 21.0. The predicted molar refractivity (Wildman–Crippen MR) is 164 cm³/mol. The van der Waals surface area contributed by atoms with E-state index >= 15 is 0 Å². The molecule has 43 heavy (non-hydrogen) atoms. The van der Waals surface area contributed by atoms with E-state index in [2.05, 4.69) is 40.5 Å². The average molecular weight is 581 g/mol. The molecule has 0 saturated carbocycles. The van der Waals surface area contributed by atoms with Gasteiger partial charge in [0.2, 0.25) is 11.8 Å². The van der Waals surface area contributed by atoms with E-state index in [0.717, 1.165) is 58.8 Å². The molecule has 0 saturated heterocycles. The molecule has 0 aliphatic heterocycles. The monoisotopic (exact) mass is 580 g/mol. The van der Waals surface area contributed by atoms with Gasteiger partial charge in [0, 0.05) is 38.6 Å². The van der Waals surface area contributed by atoms with Crippen molar-refractivity contribution in [2.24, 2.45) is 0 Å². The first kappa shape index (κ1) is 27.8. The summed E-state index contributed by atoms with van der Waals surface area (Å²) in [5.74, 6) is 0.160. The number of hydrogen-bond donors (Lipinski definition) is 4. The Labute approximate surface area is 245 Å². The molecule has 220 valence electrons. The van der Waals surface area contributed by atoms with Crippen molar-refractivity contribution >= 4 is 67.6 Å². The molecule has 0 aliphatic carbocycles. The van der Waals surface area contributed by atoms with Crippen LogP contribution in [0, 0.1) is 0 Å². The lowest BCUT2D eigenvalue weighted by molar-refractivity contribution is -0.129. The number of aromatic nitrogens is 8. The SMILES string of the molecule is Nc1nc2cccnc2c2c1ncn2CCCCNC(=O)CC(=O)NCCCCn1cnc2c(N)nc3cccnc3c21. The fourth-order valence-electron chi connectivity index (χ4n) is 5.22. The molecule has 14 nitrogen and oxygen atoms in total. The minimum Gasteiger partial charge on any atom is -0.382 e. The highest BCUT2D eigenvalue weighted by Crippen LogP contribution is 2.26. The number of nitrogen functional groups attached to an aromatic ring is 2. The molecule has 0 atom stereocenters. The quantitative estimate of drug-likeness (QED) is 0.123. The Hall–Kier alpha value is -5.40. The van der Waals surface area contributed by atoms with Gasteiger partial charge in [-0.1, -0.05) is 0 Å². The summed E-state index contributed by atoms with van der Waals surface area (Å²) >= 11 is 0. The van der Waals surface area contributed by atoms with Gasteiger partial charge in [0.25, 0.3) is 0 Å². The smallest absolute Gasteiger partial charge is 0.229 e. The molecule has 0 bridgehead atoms. The van der Waals surface area contributed by atoms with Gasteiger partial charge in [-0.05, 0) is 49.9 Å². The van der Waals surface area contributed by atoms with Gasteiger partial charge in [0.1, 0.15) is 39.5 Å². The van der Waals surface area contributed by atoms with Gasteiger partial charge in [0.15, 0.2) is 11.6 Å². The number of imidazole rings is 2. The Balaban J connectivity index is 0.899. The van der Waals surface area contributed by atoms with Crippen LogP contribution >= 0.6 is 0 Å². The fourth-order valence-corrected chi connectivity index (χ4v) is 5.22. The van der Waals surface area contributed by atoms with Gasteiger partial charge in [-0.3, -0.25) is 19.6 Å². The number of nitrogens with one attached hydrogen (secondary N) is 2. The third-order valence-corrected chi connectivity index (χ3v) is 7.28. The van der Waals surface area contributed by atoms with Crippen LogP contribution in [0.1, 0.15) is 32.1 Å². The fraction of sp³-hybridized carbons (Fsp3) is 0.310. The molecule has 0 unspecified atom stereocenters. The summed E-state index contributed by atoms with van der Waals surface area (Å²) in [6.45, 7) is 2.33. The maximum atomic E-state index is 12.3. The van der Waals surface area contributed by atoms with E-state index in [1.54, 1.807) is 25.0 Å². The molecule has 2 amide bonds. The Morgan fingerprint density at radius 2 is 1.12 bits per heavy atom. The summed E-state index contributed by atoms with van der Waals surface area (Å²) in [5.41, 5.74) is 18.1. The topological polar surface area (TPSA) is 197 Å². The molecular weight excluding hydrogens is 548 g/mol. The molecule has 6 N–H and O–H groups in total. The maximum Gasteiger partial charge on any atom is 0.229 e. The van der Waals surface area contributed by atoms with Crippen molar-refractivity contribution in [1.82, 2.24) is 49.7 Å². The Morgan fingerprint density at radius 1 is 0.651 bits per heavy atom. The van der Waals surface area contributed by atoms with Crippen LogP contribution in [0.3, 0.4) is 0 Å². The van der Waals surface area contributed by atoms with Gasteiger partial charge in [0.05, 0.1) is 23.7 Å². The van der Waals surface area contributed by atoms with Gasteiger partial charge >= 0.3 is 0 Å². The Kier molecular flexibility index (Phi) is 7.89. The molecule has 0 aromatic carbocycles. The van der Waals surface area contributed by atoms with Crippen LogP contribution in [-0.2, 0) is 22.7 Å². The minimum atomic E-state index is -0.296. The number of anilines is 2. The number of amides is 2. The van der Waals surface area contributed by atoms with Crippen LogP contribution < -0.4 is 22.1 Å². The van der Waals surface area contributed by atoms with Gasteiger partial charge in [-0.2, -0.15) is 0 Å². The molecule has 6 rings (SSSR count). The predicted octanol–water partition coefficient (Wildman–Crippen LogP) is 2.32. The van der Waals surface area contributed by atoms with E-state index < -0.39 is 0 Å². The van der Waals surface area contributed by atoms with Crippen molar-refractivity contribution in [3.63, 3.8) is 0 Å². The minimum absolute atomic E-state index is 0.202. The van der Waals surface area contributed by atoms with Crippen LogP contribution in [0.25, 0.3) is 44.1 Å². The first-order valence-corrected chi connectivity index (χ1v) is 14.2. The molecule has 6 aromatic heterocycles. The molecule has 0 spiro atoms. The number of carbonyl (C=O) groups excluding carboxylic acids is 2. The lowest BCUT2D eigenvalue weighted by Gasteiger charge is -2.09. The van der Waals surface area contributed by atoms with Crippen molar-refractivity contribution in [2.75, 3.05) is 24.6 Å². The second kappa shape index (κ2) is 12.2. The number of rotatable bonds is 12. The zero-order valence-corrected chi connectivity index (χ0v) is 23.5. The van der Waals surface area contributed by atoms with E-state index in [1.165, 1.54) is 0 Å². The highest BCUT2D eigenvalue weighted by Gasteiger charge is 2.15. The van der Waals surface area contributed by atoms with Crippen LogP contribution in [0.4, 0.5) is 11.6 Å². The normalized spacial score (nSPS) is 11.5. The lowest BCUT2D eigenvalue weighted by atomic mass is 10.2. The van der Waals surface area contributed by atoms with Crippen molar-refractivity contribution in [1.29, 1.82) is 0 Å². The molecule has 6 aromatic rings. The Bertz CT molecular complexity index is 1810. The van der Waals surface area contributed by atoms with Crippen molar-refractivity contribution in [3.05, 3.63) is 49.3 Å². The highest BCUT2D eigenvalue weighted by atomic mass is 16.2. The molecule has 14 heteroatoms. The number of carbonyl (C=O) groups is 2. The maximum absolute atomic E-state index is 12.3. The molecule has 0 fully saturated rings. The van der Waals surface area contributed by atoms with Gasteiger partial charge in [-0.25, -0.2) is 19.9 Å². The van der Waals surface area contributed by atoms with Crippen molar-refractivity contribution in [3.8, 4) is 0 Å². The summed E-state index contributed by atoms with van der Waals surface area (Å²) in [6.07, 6.45) is 9.81. The third-order valence-electron chi connectivity index (χ3n) is 7.28. The molecule has 0 radical (unpaired) electrons. The number of nitrogens with two attached hydrogens (primary N) is 2. The summed E-state index contributed by atoms with van der Waals surface area (Å²) in [6, 6.07) is 7.39. The standard InChI is InChI=1S/C29H32N12O2/c30-28-24-26(22-18(38-28)7-5-11-34-22)40(16-36-24)13-3-1-9-32-20(42)15-21(43)33-10-2-4-14-41-17-37-25-27(41)23-19(39-29(25)31)8-6-12-35-23/h5-8,11-12,16-17H,1-4,9-10,13-15H2,(H2,30,38)(H2,31,39)(H,32,42)(H,33,43). The lowest BCUT2D eigenvalue weighted by Crippen LogP contribution is -2.32. The van der Waals surface area contributed by atoms with E-state index in [9.17, 15) is 9.59 Å². The number of pyridine rings is 4. The van der Waals surface area contributed by atoms with Crippen LogP contribution in [0.5, 0.6) is 0 Å². The van der Waals surface area contributed by atoms with E-state index in [-0.39, 0.29) is 18.2 Å². The summed E-state index contributed by atoms with van der Waals surface area (Å²) < 4.78 is 4.03. The zero-order chi connectivity index (χ0) is 29.8. The van der Waals surface area contributed by atoms with Crippen molar-refractivity contribution < 1.29 is 9.59 Å². The Morgan fingerprint density at radius 3 is 1.58 bits per heavy atom. The van der Waals surface area contributed by atoms with Gasteiger partial charge in [-0.15, -0.1) is 0 Å². The zero-order valence-electron chi connectivity index (χ0n) is 23.5. The second-order valence-electron chi connectivity index (χ2n) is 10.3. The summed E-state index contributed by atoms with van der Waals surface area (Å²) in [7, 11) is 0. The number of nitrogens with zero attached hydrogens (tertiary/aromatic N) is 8. The van der Waals surface area contributed by atoms with Gasteiger partial charge < -0.3 is 31.2 Å². The largest absolute Gasteiger partial charge is 0.382 e. The third kappa shape index (κ3) is 5.84. The number of hydrogen-bond acceptors (Lipinski definition) is 10. The van der Waals surface area contributed by atoms with E-state index in [0.29, 0.717) is 48.8 Å². The highest BCUT2D eigenvalue weighted by molar-refractivity contribution is 6.05. The van der Waals surface area contributed by atoms with E-state index in [1.807, 2.05) is 33.4 Å². The molecule has 0 aliphatic rings. The first-order valence-electron chi connectivity index (χ1n) is 14.2. The molecule has 6 heterocycles. The number of fused-ring (bicyclic) bond motifs is 6. The van der Waals surface area contributed by atoms with Crippen LogP contribution in [-0.4, -0.2) is 63.9 Å². The van der Waals surface area contributed by atoms with Crippen LogP contribution in [0.15, 0.2) is 49.3 Å². The number of unbranched alkanes of at least 4 members (excludes halogenated alkanes) is 2. The second-order valence-corrected chi connectivity index (χ2v) is 10.3. The summed E-state index contributed by atoms with van der Waals surface area (Å²) in [4.78, 5) is 51.0. The average Bonchev–Trinajstić information content (AvgIpc) is 3.63. The summed E-state index contributed by atoms with van der Waals surface area (Å²) in [5, 5.41) is 5.65. The number of aryl methyl sites for hydroxylation is 2. The van der Waals surface area contributed by atoms with Crippen LogP contribution in [0.2, 0.25) is 0 Å². The van der Waals surface area contributed by atoms with Crippen molar-refractivity contribution in [2.45, 2.75) is 45.2 Å².